The van der Waals surface area contributed by atoms with Crippen LogP contribution in [-0.2, 0) is 0 Å². The van der Waals surface area contributed by atoms with Crippen LogP contribution in [0.25, 0.3) is 0 Å². The maximum Gasteiger partial charge on any atom is 0.255 e. The van der Waals surface area contributed by atoms with Crippen LogP contribution in [0.5, 0.6) is 11.5 Å². The van der Waals surface area contributed by atoms with Crippen molar-refractivity contribution in [2.75, 3.05) is 6.61 Å². The van der Waals surface area contributed by atoms with E-state index in [4.69, 9.17) is 10.2 Å². The van der Waals surface area contributed by atoms with Gasteiger partial charge in [-0.15, -0.1) is 0 Å². The first-order valence-corrected chi connectivity index (χ1v) is 5.89. The molecule has 4 N–H and O–H groups in total. The summed E-state index contributed by atoms with van der Waals surface area (Å²) in [5.74, 6) is -0.598. The zero-order chi connectivity index (χ0) is 13.7. The molecule has 0 radical (unpaired) electrons. The molecule has 5 heteroatoms. The number of hydrogen-bond donors (Lipinski definition) is 4. The number of aromatic hydroxyl groups is 2. The lowest BCUT2D eigenvalue weighted by atomic mass is 10.0. The second-order valence-corrected chi connectivity index (χ2v) is 4.54. The Kier molecular flexibility index (Phi) is 4.97. The summed E-state index contributed by atoms with van der Waals surface area (Å²) in [7, 11) is 0. The van der Waals surface area contributed by atoms with Crippen LogP contribution < -0.4 is 5.32 Å². The van der Waals surface area contributed by atoms with Crippen LogP contribution in [0.4, 0.5) is 0 Å². The van der Waals surface area contributed by atoms with Gasteiger partial charge in [-0.25, -0.2) is 0 Å². The first kappa shape index (κ1) is 14.3. The SMILES string of the molecule is CC(C)C(CCO)NC(=O)c1ccc(O)cc1O. The van der Waals surface area contributed by atoms with Gasteiger partial charge >= 0.3 is 0 Å². The van der Waals surface area contributed by atoms with E-state index in [1.54, 1.807) is 0 Å². The normalized spacial score (nSPS) is 12.4. The van der Waals surface area contributed by atoms with Crippen LogP contribution in [0.3, 0.4) is 0 Å². The van der Waals surface area contributed by atoms with Crippen LogP contribution in [-0.4, -0.2) is 33.9 Å². The van der Waals surface area contributed by atoms with Gasteiger partial charge in [0.15, 0.2) is 0 Å². The van der Waals surface area contributed by atoms with Gasteiger partial charge in [0.1, 0.15) is 11.5 Å². The molecule has 0 fully saturated rings. The Morgan fingerprint density at radius 1 is 1.33 bits per heavy atom. The summed E-state index contributed by atoms with van der Waals surface area (Å²) < 4.78 is 0. The predicted molar refractivity (Wildman–Crippen MR) is 67.6 cm³/mol. The average Bonchev–Trinajstić information content (AvgIpc) is 2.27. The number of aliphatic hydroxyl groups excluding tert-OH is 1. The highest BCUT2D eigenvalue weighted by Crippen LogP contribution is 2.22. The van der Waals surface area contributed by atoms with Gasteiger partial charge in [-0.1, -0.05) is 13.8 Å². The topological polar surface area (TPSA) is 89.8 Å². The van der Waals surface area contributed by atoms with Gasteiger partial charge in [0.25, 0.3) is 5.91 Å². The Hall–Kier alpha value is -1.75. The monoisotopic (exact) mass is 253 g/mol. The molecule has 5 nitrogen and oxygen atoms in total. The molecule has 0 aliphatic carbocycles. The number of carbonyl (C=O) groups is 1. The summed E-state index contributed by atoms with van der Waals surface area (Å²) in [6, 6.07) is 3.66. The van der Waals surface area contributed by atoms with Crippen molar-refractivity contribution >= 4 is 5.91 Å². The van der Waals surface area contributed by atoms with E-state index in [1.807, 2.05) is 13.8 Å². The van der Waals surface area contributed by atoms with Crippen LogP contribution in [0.1, 0.15) is 30.6 Å². The highest BCUT2D eigenvalue weighted by molar-refractivity contribution is 5.97. The lowest BCUT2D eigenvalue weighted by Crippen LogP contribution is -2.39. The zero-order valence-electron chi connectivity index (χ0n) is 10.6. The molecule has 0 aromatic heterocycles. The lowest BCUT2D eigenvalue weighted by Gasteiger charge is -2.21. The molecule has 0 heterocycles. The molecule has 1 amide bonds. The zero-order valence-corrected chi connectivity index (χ0v) is 10.6. The maximum atomic E-state index is 11.9. The maximum absolute atomic E-state index is 11.9. The Bertz CT molecular complexity index is 417. The molecule has 1 aromatic carbocycles. The van der Waals surface area contributed by atoms with E-state index in [-0.39, 0.29) is 35.6 Å². The highest BCUT2D eigenvalue weighted by atomic mass is 16.3. The Labute approximate surface area is 106 Å². The van der Waals surface area contributed by atoms with E-state index in [1.165, 1.54) is 12.1 Å². The van der Waals surface area contributed by atoms with E-state index in [0.29, 0.717) is 6.42 Å². The van der Waals surface area contributed by atoms with Crippen molar-refractivity contribution in [1.82, 2.24) is 5.32 Å². The summed E-state index contributed by atoms with van der Waals surface area (Å²) >= 11 is 0. The van der Waals surface area contributed by atoms with Gasteiger partial charge in [-0.3, -0.25) is 4.79 Å². The van der Waals surface area contributed by atoms with Crippen molar-refractivity contribution in [3.05, 3.63) is 23.8 Å². The van der Waals surface area contributed by atoms with Gasteiger partial charge in [0, 0.05) is 18.7 Å². The minimum Gasteiger partial charge on any atom is -0.508 e. The van der Waals surface area contributed by atoms with E-state index in [0.717, 1.165) is 6.07 Å². The second-order valence-electron chi connectivity index (χ2n) is 4.54. The van der Waals surface area contributed by atoms with Gasteiger partial charge in [0.05, 0.1) is 5.56 Å². The molecular formula is C13H19NO4. The number of phenols is 2. The van der Waals surface area contributed by atoms with E-state index in [9.17, 15) is 9.90 Å². The Morgan fingerprint density at radius 3 is 2.50 bits per heavy atom. The molecule has 0 saturated heterocycles. The number of aliphatic hydroxyl groups is 1. The summed E-state index contributed by atoms with van der Waals surface area (Å²) in [6.45, 7) is 3.87. The van der Waals surface area contributed by atoms with Crippen molar-refractivity contribution in [1.29, 1.82) is 0 Å². The van der Waals surface area contributed by atoms with Crippen molar-refractivity contribution < 1.29 is 20.1 Å². The number of carbonyl (C=O) groups excluding carboxylic acids is 1. The van der Waals surface area contributed by atoms with E-state index < -0.39 is 5.91 Å². The molecule has 1 atom stereocenters. The fourth-order valence-electron chi connectivity index (χ4n) is 1.67. The minimum absolute atomic E-state index is 0.00924. The third-order valence-electron chi connectivity index (χ3n) is 2.79. The van der Waals surface area contributed by atoms with E-state index in [2.05, 4.69) is 5.32 Å². The number of phenolic OH excluding ortho intramolecular Hbond substituents is 2. The summed E-state index contributed by atoms with van der Waals surface area (Å²) in [5, 5.41) is 30.4. The number of benzene rings is 1. The Morgan fingerprint density at radius 2 is 2.00 bits per heavy atom. The van der Waals surface area contributed by atoms with Gasteiger partial charge in [-0.2, -0.15) is 0 Å². The number of amides is 1. The standard InChI is InChI=1S/C13H19NO4/c1-8(2)11(5-6-15)14-13(18)10-4-3-9(16)7-12(10)17/h3-4,7-8,11,15-17H,5-6H2,1-2H3,(H,14,18). The van der Waals surface area contributed by atoms with Crippen LogP contribution >= 0.6 is 0 Å². The molecule has 1 aromatic rings. The van der Waals surface area contributed by atoms with Crippen molar-refractivity contribution in [3.63, 3.8) is 0 Å². The average molecular weight is 253 g/mol. The third-order valence-corrected chi connectivity index (χ3v) is 2.79. The molecular weight excluding hydrogens is 234 g/mol. The number of hydrogen-bond acceptors (Lipinski definition) is 4. The number of rotatable bonds is 5. The summed E-state index contributed by atoms with van der Waals surface area (Å²) in [5.41, 5.74) is 0.108. The molecule has 0 aliphatic rings. The lowest BCUT2D eigenvalue weighted by molar-refractivity contribution is 0.0914. The van der Waals surface area contributed by atoms with Crippen LogP contribution in [0.2, 0.25) is 0 Å². The predicted octanol–water partition coefficient (Wildman–Crippen LogP) is 1.23. The molecule has 1 rings (SSSR count). The second kappa shape index (κ2) is 6.26. The molecule has 0 bridgehead atoms. The Balaban J connectivity index is 2.80. The fraction of sp³-hybridized carbons (Fsp3) is 0.462. The largest absolute Gasteiger partial charge is 0.508 e. The minimum atomic E-state index is -0.417. The summed E-state index contributed by atoms with van der Waals surface area (Å²) in [4.78, 5) is 11.9. The quantitative estimate of drug-likeness (QED) is 0.635. The molecule has 0 spiro atoms. The molecule has 18 heavy (non-hydrogen) atoms. The van der Waals surface area contributed by atoms with Crippen molar-refractivity contribution in [3.8, 4) is 11.5 Å². The first-order chi connectivity index (χ1) is 8.45. The fourth-order valence-corrected chi connectivity index (χ4v) is 1.67. The summed E-state index contributed by atoms with van der Waals surface area (Å²) in [6.07, 6.45) is 0.461. The highest BCUT2D eigenvalue weighted by Gasteiger charge is 2.18. The molecule has 100 valence electrons. The number of nitrogens with one attached hydrogen (secondary N) is 1. The molecule has 1 unspecified atom stereocenters. The molecule has 0 aliphatic heterocycles. The smallest absolute Gasteiger partial charge is 0.255 e. The molecule has 0 saturated carbocycles. The first-order valence-electron chi connectivity index (χ1n) is 5.89. The van der Waals surface area contributed by atoms with Gasteiger partial charge in [-0.05, 0) is 24.5 Å². The van der Waals surface area contributed by atoms with Crippen molar-refractivity contribution in [2.45, 2.75) is 26.3 Å². The van der Waals surface area contributed by atoms with Gasteiger partial charge < -0.3 is 20.6 Å². The third kappa shape index (κ3) is 3.63. The van der Waals surface area contributed by atoms with Gasteiger partial charge in [0.2, 0.25) is 0 Å². The van der Waals surface area contributed by atoms with Crippen LogP contribution in [0.15, 0.2) is 18.2 Å². The van der Waals surface area contributed by atoms with Crippen molar-refractivity contribution in [2.24, 2.45) is 5.92 Å². The van der Waals surface area contributed by atoms with Crippen LogP contribution in [0, 0.1) is 5.92 Å². The van der Waals surface area contributed by atoms with E-state index >= 15 is 0 Å².